The number of hydrogen-bond acceptors (Lipinski definition) is 5. The second kappa shape index (κ2) is 6.95. The Morgan fingerprint density at radius 3 is 2.65 bits per heavy atom. The van der Waals surface area contributed by atoms with E-state index < -0.39 is 0 Å². The lowest BCUT2D eigenvalue weighted by Gasteiger charge is -2.17. The van der Waals surface area contributed by atoms with E-state index in [1.165, 1.54) is 10.7 Å². The number of amides is 1. The molecule has 0 radical (unpaired) electrons. The molecule has 3 aromatic rings. The lowest BCUT2D eigenvalue weighted by molar-refractivity contribution is 0.0784. The number of carbonyl (C=O) groups excluding carboxylic acids is 1. The van der Waals surface area contributed by atoms with Crippen molar-refractivity contribution in [3.63, 3.8) is 0 Å². The van der Waals surface area contributed by atoms with E-state index in [0.29, 0.717) is 23.6 Å². The summed E-state index contributed by atoms with van der Waals surface area (Å²) < 4.78 is 6.43. The fourth-order valence-corrected chi connectivity index (χ4v) is 2.72. The van der Waals surface area contributed by atoms with Crippen molar-refractivity contribution in [2.45, 2.75) is 20.4 Å². The number of aromatic nitrogens is 3. The van der Waals surface area contributed by atoms with Gasteiger partial charge in [-0.05, 0) is 32.0 Å². The molecule has 3 rings (SSSR count). The Morgan fingerprint density at radius 2 is 2.00 bits per heavy atom. The van der Waals surface area contributed by atoms with Gasteiger partial charge in [0.2, 0.25) is 0 Å². The Morgan fingerprint density at radius 1 is 1.23 bits per heavy atom. The highest BCUT2D eigenvalue weighted by atomic mass is 16.5. The van der Waals surface area contributed by atoms with Crippen LogP contribution in [-0.4, -0.2) is 32.8 Å². The quantitative estimate of drug-likeness (QED) is 0.720. The first-order valence-corrected chi connectivity index (χ1v) is 8.19. The molecule has 0 saturated heterocycles. The largest absolute Gasteiger partial charge is 0.361 e. The van der Waals surface area contributed by atoms with Crippen LogP contribution in [0.4, 0.5) is 0 Å². The molecule has 134 valence electrons. The molecule has 0 aliphatic rings. The van der Waals surface area contributed by atoms with Gasteiger partial charge in [0, 0.05) is 36.9 Å². The summed E-state index contributed by atoms with van der Waals surface area (Å²) in [6.45, 7) is 4.11. The van der Waals surface area contributed by atoms with Crippen LogP contribution < -0.4 is 5.56 Å². The lowest BCUT2D eigenvalue weighted by atomic mass is 10.1. The van der Waals surface area contributed by atoms with Gasteiger partial charge in [-0.1, -0.05) is 17.3 Å². The summed E-state index contributed by atoms with van der Waals surface area (Å²) in [6, 6.07) is 10.3. The number of nitrogens with zero attached hydrogens (tertiary/aromatic N) is 4. The van der Waals surface area contributed by atoms with Crippen molar-refractivity contribution >= 4 is 5.91 Å². The Balaban J connectivity index is 1.86. The van der Waals surface area contributed by atoms with Crippen molar-refractivity contribution in [3.05, 3.63) is 69.3 Å². The molecule has 2 heterocycles. The van der Waals surface area contributed by atoms with E-state index in [9.17, 15) is 9.59 Å². The lowest BCUT2D eigenvalue weighted by Crippen LogP contribution is -2.26. The molecule has 0 spiro atoms. The van der Waals surface area contributed by atoms with Gasteiger partial charge in [-0.2, -0.15) is 5.10 Å². The Labute approximate surface area is 150 Å². The van der Waals surface area contributed by atoms with E-state index >= 15 is 0 Å². The topological polar surface area (TPSA) is 81.2 Å². The van der Waals surface area contributed by atoms with Crippen LogP contribution in [0.2, 0.25) is 0 Å². The first-order chi connectivity index (χ1) is 12.4. The van der Waals surface area contributed by atoms with Crippen LogP contribution in [-0.2, 0) is 13.6 Å². The Hall–Kier alpha value is -3.22. The zero-order valence-corrected chi connectivity index (χ0v) is 15.2. The number of carbonyl (C=O) groups is 1. The molecule has 7 nitrogen and oxygen atoms in total. The number of hydrogen-bond donors (Lipinski definition) is 0. The summed E-state index contributed by atoms with van der Waals surface area (Å²) in [7, 11) is 3.34. The first kappa shape index (κ1) is 17.6. The minimum Gasteiger partial charge on any atom is -0.361 e. The summed E-state index contributed by atoms with van der Waals surface area (Å²) in [5, 5.41) is 8.15. The fraction of sp³-hybridized carbons (Fsp3) is 0.263. The second-order valence-corrected chi connectivity index (χ2v) is 6.23. The van der Waals surface area contributed by atoms with Crippen LogP contribution in [0, 0.1) is 13.8 Å². The Kier molecular flexibility index (Phi) is 4.71. The fourth-order valence-electron chi connectivity index (χ4n) is 2.72. The zero-order chi connectivity index (χ0) is 18.8. The van der Waals surface area contributed by atoms with Crippen LogP contribution in [0.1, 0.15) is 27.4 Å². The molecule has 1 aromatic carbocycles. The van der Waals surface area contributed by atoms with E-state index in [1.807, 2.05) is 19.9 Å². The van der Waals surface area contributed by atoms with E-state index in [2.05, 4.69) is 10.3 Å². The molecule has 0 saturated carbocycles. The van der Waals surface area contributed by atoms with Gasteiger partial charge in [-0.3, -0.25) is 9.59 Å². The maximum atomic E-state index is 12.8. The third kappa shape index (κ3) is 3.42. The van der Waals surface area contributed by atoms with Gasteiger partial charge in [0.15, 0.2) is 0 Å². The van der Waals surface area contributed by atoms with Crippen molar-refractivity contribution < 1.29 is 9.32 Å². The maximum Gasteiger partial charge on any atom is 0.266 e. The molecule has 0 aliphatic heterocycles. The third-order valence-corrected chi connectivity index (χ3v) is 4.29. The van der Waals surface area contributed by atoms with Gasteiger partial charge in [-0.15, -0.1) is 0 Å². The average Bonchev–Trinajstić information content (AvgIpc) is 2.95. The van der Waals surface area contributed by atoms with Crippen molar-refractivity contribution in [1.82, 2.24) is 19.8 Å². The second-order valence-electron chi connectivity index (χ2n) is 6.23. The molecule has 0 fully saturated rings. The van der Waals surface area contributed by atoms with Crippen molar-refractivity contribution in [1.29, 1.82) is 0 Å². The molecular formula is C19H20N4O3. The highest BCUT2D eigenvalue weighted by molar-refractivity contribution is 5.95. The molecule has 0 unspecified atom stereocenters. The molecule has 2 aromatic heterocycles. The molecule has 0 N–H and O–H groups in total. The van der Waals surface area contributed by atoms with Crippen LogP contribution >= 0.6 is 0 Å². The van der Waals surface area contributed by atoms with Gasteiger partial charge >= 0.3 is 0 Å². The van der Waals surface area contributed by atoms with Crippen molar-refractivity contribution in [3.8, 4) is 11.3 Å². The van der Waals surface area contributed by atoms with Crippen LogP contribution in [0.15, 0.2) is 45.7 Å². The summed E-state index contributed by atoms with van der Waals surface area (Å²) in [6.07, 6.45) is 0. The highest BCUT2D eigenvalue weighted by Gasteiger charge is 2.17. The van der Waals surface area contributed by atoms with E-state index in [4.69, 9.17) is 4.52 Å². The zero-order valence-electron chi connectivity index (χ0n) is 15.2. The molecule has 0 bridgehead atoms. The summed E-state index contributed by atoms with van der Waals surface area (Å²) >= 11 is 0. The molecule has 0 atom stereocenters. The highest BCUT2D eigenvalue weighted by Crippen LogP contribution is 2.20. The SMILES string of the molecule is Cc1noc(C)c1CN(C)C(=O)c1cccc(-c2ccc(=O)n(C)n2)c1. The van der Waals surface area contributed by atoms with Crippen LogP contribution in [0.5, 0.6) is 0 Å². The Bertz CT molecular complexity index is 1000. The van der Waals surface area contributed by atoms with Gasteiger partial charge in [0.05, 0.1) is 17.9 Å². The molecular weight excluding hydrogens is 332 g/mol. The first-order valence-electron chi connectivity index (χ1n) is 8.19. The number of aryl methyl sites for hydroxylation is 3. The van der Waals surface area contributed by atoms with Crippen LogP contribution in [0.3, 0.4) is 0 Å². The molecule has 26 heavy (non-hydrogen) atoms. The predicted molar refractivity (Wildman–Crippen MR) is 96.7 cm³/mol. The van der Waals surface area contributed by atoms with Gasteiger partial charge in [0.1, 0.15) is 5.76 Å². The molecule has 0 aliphatic carbocycles. The van der Waals surface area contributed by atoms with Crippen molar-refractivity contribution in [2.24, 2.45) is 7.05 Å². The number of benzene rings is 1. The molecule has 7 heteroatoms. The predicted octanol–water partition coefficient (Wildman–Crippen LogP) is 2.32. The summed E-state index contributed by atoms with van der Waals surface area (Å²) in [4.78, 5) is 25.9. The van der Waals surface area contributed by atoms with E-state index in [-0.39, 0.29) is 11.5 Å². The van der Waals surface area contributed by atoms with E-state index in [0.717, 1.165) is 16.8 Å². The minimum absolute atomic E-state index is 0.114. The van der Waals surface area contributed by atoms with Crippen LogP contribution in [0.25, 0.3) is 11.3 Å². The monoisotopic (exact) mass is 352 g/mol. The maximum absolute atomic E-state index is 12.8. The summed E-state index contributed by atoms with van der Waals surface area (Å²) in [5.74, 6) is 0.599. The van der Waals surface area contributed by atoms with Gasteiger partial charge in [-0.25, -0.2) is 4.68 Å². The van der Waals surface area contributed by atoms with Crippen molar-refractivity contribution in [2.75, 3.05) is 7.05 Å². The third-order valence-electron chi connectivity index (χ3n) is 4.29. The average molecular weight is 352 g/mol. The molecule has 1 amide bonds. The van der Waals surface area contributed by atoms with Gasteiger partial charge in [0.25, 0.3) is 11.5 Å². The standard InChI is InChI=1S/C19H20N4O3/c1-12-16(13(2)26-21-12)11-22(3)19(25)15-7-5-6-14(10-15)17-8-9-18(24)23(4)20-17/h5-10H,11H2,1-4H3. The smallest absolute Gasteiger partial charge is 0.266 e. The number of rotatable bonds is 4. The van der Waals surface area contributed by atoms with E-state index in [1.54, 1.807) is 43.3 Å². The normalized spacial score (nSPS) is 10.8. The summed E-state index contributed by atoms with van der Waals surface area (Å²) in [5.41, 5.74) is 3.47. The van der Waals surface area contributed by atoms with Gasteiger partial charge < -0.3 is 9.42 Å². The minimum atomic E-state index is -0.180.